The average molecular weight is 225 g/mol. The molecule has 1 unspecified atom stereocenters. The molecule has 0 rings (SSSR count). The van der Waals surface area contributed by atoms with E-state index in [0.29, 0.717) is 0 Å². The first kappa shape index (κ1) is 20.5. The summed E-state index contributed by atoms with van der Waals surface area (Å²) in [5.41, 5.74) is 5.52. The van der Waals surface area contributed by atoms with Gasteiger partial charge in [-0.25, -0.2) is 0 Å². The maximum Gasteiger partial charge on any atom is 1.00 e. The van der Waals surface area contributed by atoms with Crippen LogP contribution in [0.5, 0.6) is 0 Å². The number of rotatable bonds is 4. The zero-order valence-electron chi connectivity index (χ0n) is 8.82. The fraction of sp³-hybridized carbons (Fsp3) is 1.00. The maximum atomic E-state index is 10.2. The Kier molecular flexibility index (Phi) is 14.7. The van der Waals surface area contributed by atoms with E-state index in [-0.39, 0.29) is 83.7 Å². The van der Waals surface area contributed by atoms with Crippen LogP contribution in [-0.4, -0.2) is 12.2 Å². The third-order valence-corrected chi connectivity index (χ3v) is 2.40. The molecular formula is C6H14NNa2O3P. The van der Waals surface area contributed by atoms with E-state index < -0.39 is 7.60 Å². The molecule has 68 valence electrons. The average Bonchev–Trinajstić information content (AvgIpc) is 1.80. The van der Waals surface area contributed by atoms with E-state index in [1.54, 1.807) is 0 Å². The summed E-state index contributed by atoms with van der Waals surface area (Å²) in [6, 6.07) is -0.189. The quantitative estimate of drug-likeness (QED) is 0.380. The molecule has 0 saturated carbocycles. The summed E-state index contributed by atoms with van der Waals surface area (Å²) in [5, 5.41) is 0. The summed E-state index contributed by atoms with van der Waals surface area (Å²) >= 11 is 0. The van der Waals surface area contributed by atoms with Gasteiger partial charge in [-0.15, -0.1) is 0 Å². The Morgan fingerprint density at radius 2 is 1.69 bits per heavy atom. The van der Waals surface area contributed by atoms with Crippen LogP contribution < -0.4 is 74.6 Å². The van der Waals surface area contributed by atoms with Crippen molar-refractivity contribution in [1.29, 1.82) is 0 Å². The first-order valence-electron chi connectivity index (χ1n) is 3.59. The van der Waals surface area contributed by atoms with Crippen molar-refractivity contribution in [3.8, 4) is 0 Å². The molecule has 0 heterocycles. The molecule has 0 aliphatic carbocycles. The van der Waals surface area contributed by atoms with E-state index in [4.69, 9.17) is 5.73 Å². The molecule has 0 aromatic heterocycles. The van der Waals surface area contributed by atoms with Gasteiger partial charge in [0.2, 0.25) is 0 Å². The van der Waals surface area contributed by atoms with E-state index in [1.807, 2.05) is 13.8 Å². The first-order chi connectivity index (χ1) is 4.83. The van der Waals surface area contributed by atoms with Crippen molar-refractivity contribution < 1.29 is 73.5 Å². The molecule has 13 heavy (non-hydrogen) atoms. The van der Waals surface area contributed by atoms with Gasteiger partial charge in [-0.2, -0.15) is 0 Å². The predicted molar refractivity (Wildman–Crippen MR) is 39.9 cm³/mol. The molecule has 0 bridgehead atoms. The van der Waals surface area contributed by atoms with Crippen LogP contribution in [0.3, 0.4) is 0 Å². The SMILES string of the molecule is CC(C)C(N)CCP(=O)([O-])[O-].[Na+].[Na+]. The normalized spacial score (nSPS) is 13.1. The minimum Gasteiger partial charge on any atom is -0.811 e. The molecule has 2 N–H and O–H groups in total. The fourth-order valence-corrected chi connectivity index (χ4v) is 1.25. The summed E-state index contributed by atoms with van der Waals surface area (Å²) < 4.78 is 10.2. The Morgan fingerprint density at radius 3 is 1.92 bits per heavy atom. The van der Waals surface area contributed by atoms with Gasteiger partial charge >= 0.3 is 59.1 Å². The molecule has 0 spiro atoms. The van der Waals surface area contributed by atoms with Crippen LogP contribution in [0.4, 0.5) is 0 Å². The van der Waals surface area contributed by atoms with E-state index in [2.05, 4.69) is 0 Å². The van der Waals surface area contributed by atoms with Gasteiger partial charge in [0.15, 0.2) is 0 Å². The minimum atomic E-state index is -4.34. The van der Waals surface area contributed by atoms with E-state index in [1.165, 1.54) is 0 Å². The molecule has 7 heteroatoms. The van der Waals surface area contributed by atoms with Crippen molar-refractivity contribution >= 4 is 7.60 Å². The summed E-state index contributed by atoms with van der Waals surface area (Å²) in [4.78, 5) is 20.3. The van der Waals surface area contributed by atoms with Crippen LogP contribution in [0.15, 0.2) is 0 Å². The Balaban J connectivity index is -0.000000500. The van der Waals surface area contributed by atoms with Gasteiger partial charge in [-0.3, -0.25) is 0 Å². The van der Waals surface area contributed by atoms with Gasteiger partial charge in [-0.05, 0) is 18.5 Å². The fourth-order valence-electron chi connectivity index (χ4n) is 0.641. The molecule has 0 saturated heterocycles. The zero-order valence-corrected chi connectivity index (χ0v) is 13.7. The molecule has 0 aliphatic rings. The summed E-state index contributed by atoms with van der Waals surface area (Å²) in [7, 11) is -4.34. The standard InChI is InChI=1S/C6H16NO3P.2Na/c1-5(2)6(7)3-4-11(8,9)10;;/h5-6H,3-4,7H2,1-2H3,(H2,8,9,10);;/q;2*+1/p-2. The van der Waals surface area contributed by atoms with Crippen molar-refractivity contribution in [3.63, 3.8) is 0 Å². The number of hydrogen-bond acceptors (Lipinski definition) is 4. The van der Waals surface area contributed by atoms with Crippen molar-refractivity contribution in [2.24, 2.45) is 11.7 Å². The Hall–Kier alpha value is 2.11. The maximum absolute atomic E-state index is 10.2. The second kappa shape index (κ2) is 9.34. The molecule has 0 aromatic rings. The van der Waals surface area contributed by atoms with E-state index >= 15 is 0 Å². The van der Waals surface area contributed by atoms with Crippen molar-refractivity contribution in [2.75, 3.05) is 6.16 Å². The Bertz CT molecular complexity index is 162. The van der Waals surface area contributed by atoms with Gasteiger partial charge in [0.25, 0.3) is 0 Å². The van der Waals surface area contributed by atoms with Gasteiger partial charge in [0.1, 0.15) is 0 Å². The molecule has 1 atom stereocenters. The smallest absolute Gasteiger partial charge is 0.811 e. The van der Waals surface area contributed by atoms with Gasteiger partial charge in [-0.1, -0.05) is 21.4 Å². The molecule has 0 radical (unpaired) electrons. The van der Waals surface area contributed by atoms with Crippen LogP contribution >= 0.6 is 7.60 Å². The molecule has 0 aliphatic heterocycles. The topological polar surface area (TPSA) is 89.2 Å². The molecule has 0 aromatic carbocycles. The second-order valence-corrected chi connectivity index (χ2v) is 4.70. The number of hydrogen-bond donors (Lipinski definition) is 1. The molecule has 4 nitrogen and oxygen atoms in total. The van der Waals surface area contributed by atoms with Gasteiger partial charge < -0.3 is 20.1 Å². The molecule has 0 amide bonds. The Labute approximate surface area is 124 Å². The van der Waals surface area contributed by atoms with E-state index in [0.717, 1.165) is 0 Å². The van der Waals surface area contributed by atoms with Crippen LogP contribution in [0, 0.1) is 5.92 Å². The summed E-state index contributed by atoms with van der Waals surface area (Å²) in [6.07, 6.45) is -0.0612. The van der Waals surface area contributed by atoms with Crippen LogP contribution in [-0.2, 0) is 4.57 Å². The molecular weight excluding hydrogens is 211 g/mol. The third kappa shape index (κ3) is 14.1. The van der Waals surface area contributed by atoms with Crippen LogP contribution in [0.2, 0.25) is 0 Å². The molecule has 0 fully saturated rings. The number of nitrogens with two attached hydrogens (primary N) is 1. The Morgan fingerprint density at radius 1 is 1.31 bits per heavy atom. The summed E-state index contributed by atoms with van der Waals surface area (Å²) in [6.45, 7) is 3.79. The van der Waals surface area contributed by atoms with Crippen molar-refractivity contribution in [2.45, 2.75) is 26.3 Å². The van der Waals surface area contributed by atoms with Crippen LogP contribution in [0.1, 0.15) is 20.3 Å². The van der Waals surface area contributed by atoms with Crippen molar-refractivity contribution in [3.05, 3.63) is 0 Å². The second-order valence-electron chi connectivity index (χ2n) is 3.03. The van der Waals surface area contributed by atoms with E-state index in [9.17, 15) is 14.4 Å². The van der Waals surface area contributed by atoms with Gasteiger partial charge in [0, 0.05) is 6.04 Å². The largest absolute Gasteiger partial charge is 1.00 e. The van der Waals surface area contributed by atoms with Crippen molar-refractivity contribution in [1.82, 2.24) is 0 Å². The monoisotopic (exact) mass is 225 g/mol. The third-order valence-electron chi connectivity index (χ3n) is 1.59. The zero-order chi connectivity index (χ0) is 9.07. The predicted octanol–water partition coefficient (Wildman–Crippen LogP) is -6.72. The van der Waals surface area contributed by atoms with Crippen LogP contribution in [0.25, 0.3) is 0 Å². The van der Waals surface area contributed by atoms with Gasteiger partial charge in [0.05, 0.1) is 0 Å². The first-order valence-corrected chi connectivity index (χ1v) is 5.32. The summed E-state index contributed by atoms with van der Waals surface area (Å²) in [5.74, 6) is 0.224. The minimum absolute atomic E-state index is 0.